The minimum absolute atomic E-state index is 0.0325. The average Bonchev–Trinajstić information content (AvgIpc) is 3.19. The summed E-state index contributed by atoms with van der Waals surface area (Å²) in [6, 6.07) is 15.9. The van der Waals surface area contributed by atoms with Gasteiger partial charge in [-0.3, -0.25) is 4.79 Å². The zero-order valence-corrected chi connectivity index (χ0v) is 16.5. The first-order valence-electron chi connectivity index (χ1n) is 9.68. The zero-order valence-electron chi connectivity index (χ0n) is 16.5. The summed E-state index contributed by atoms with van der Waals surface area (Å²) in [4.78, 5) is 16.3. The first kappa shape index (κ1) is 19.7. The predicted octanol–water partition coefficient (Wildman–Crippen LogP) is 4.08. The largest absolute Gasteiger partial charge is 0.491 e. The Kier molecular flexibility index (Phi) is 6.84. The summed E-state index contributed by atoms with van der Waals surface area (Å²) in [6.07, 6.45) is 7.47. The topological polar surface area (TPSA) is 56.1 Å². The molecule has 1 aromatic heterocycles. The van der Waals surface area contributed by atoms with Crippen molar-refractivity contribution in [3.63, 3.8) is 0 Å². The van der Waals surface area contributed by atoms with Gasteiger partial charge in [-0.25, -0.2) is 4.98 Å². The number of hydrogen-bond acceptors (Lipinski definition) is 3. The highest BCUT2D eigenvalue weighted by molar-refractivity contribution is 5.94. The molecule has 0 atom stereocenters. The van der Waals surface area contributed by atoms with Gasteiger partial charge in [-0.2, -0.15) is 0 Å². The Hall–Kier alpha value is -3.08. The van der Waals surface area contributed by atoms with Crippen LogP contribution in [0.1, 0.15) is 41.8 Å². The van der Waals surface area contributed by atoms with Crippen molar-refractivity contribution in [3.05, 3.63) is 83.9 Å². The number of ether oxygens (including phenoxy) is 1. The maximum absolute atomic E-state index is 12.3. The van der Waals surface area contributed by atoms with E-state index in [1.165, 1.54) is 5.56 Å². The molecule has 0 saturated heterocycles. The minimum atomic E-state index is -0.0325. The third kappa shape index (κ3) is 5.98. The molecule has 3 rings (SSSR count). The molecule has 5 heteroatoms. The number of hydrogen-bond donors (Lipinski definition) is 1. The van der Waals surface area contributed by atoms with Crippen molar-refractivity contribution in [2.45, 2.75) is 39.3 Å². The van der Waals surface area contributed by atoms with Crippen LogP contribution in [0.2, 0.25) is 0 Å². The fourth-order valence-corrected chi connectivity index (χ4v) is 2.96. The van der Waals surface area contributed by atoms with Gasteiger partial charge in [-0.05, 0) is 62.1 Å². The van der Waals surface area contributed by atoms with Crippen LogP contribution in [0.15, 0.2) is 67.3 Å². The number of aromatic nitrogens is 2. The summed E-state index contributed by atoms with van der Waals surface area (Å²) in [7, 11) is 0. The van der Waals surface area contributed by atoms with Crippen LogP contribution in [-0.2, 0) is 13.0 Å². The molecule has 1 N–H and O–H groups in total. The number of nitrogens with one attached hydrogen (secondary N) is 1. The molecule has 0 aliphatic rings. The molecule has 3 aromatic rings. The number of rotatable bonds is 9. The van der Waals surface area contributed by atoms with E-state index in [0.29, 0.717) is 12.1 Å². The normalized spacial score (nSPS) is 10.8. The van der Waals surface area contributed by atoms with Gasteiger partial charge in [0.1, 0.15) is 5.75 Å². The monoisotopic (exact) mass is 377 g/mol. The Morgan fingerprint density at radius 1 is 1.07 bits per heavy atom. The molecule has 1 heterocycles. The lowest BCUT2D eigenvalue weighted by molar-refractivity contribution is 0.0953. The number of nitrogens with zero attached hydrogens (tertiary/aromatic N) is 2. The molecule has 5 nitrogen and oxygen atoms in total. The second-order valence-electron chi connectivity index (χ2n) is 7.10. The number of imidazole rings is 1. The SMILES string of the molecule is CC(C)Oc1ccc(CCCNC(=O)c2ccc(Cn3ccnc3)cc2)cc1. The molecule has 28 heavy (non-hydrogen) atoms. The fourth-order valence-electron chi connectivity index (χ4n) is 2.96. The fraction of sp³-hybridized carbons (Fsp3) is 0.304. The minimum Gasteiger partial charge on any atom is -0.491 e. The Bertz CT molecular complexity index is 854. The average molecular weight is 377 g/mol. The Morgan fingerprint density at radius 3 is 2.43 bits per heavy atom. The van der Waals surface area contributed by atoms with Crippen LogP contribution >= 0.6 is 0 Å². The van der Waals surface area contributed by atoms with E-state index in [-0.39, 0.29) is 12.0 Å². The van der Waals surface area contributed by atoms with Crippen molar-refractivity contribution in [3.8, 4) is 5.75 Å². The first-order valence-corrected chi connectivity index (χ1v) is 9.68. The molecule has 146 valence electrons. The van der Waals surface area contributed by atoms with Crippen molar-refractivity contribution < 1.29 is 9.53 Å². The van der Waals surface area contributed by atoms with Gasteiger partial charge in [0.15, 0.2) is 0 Å². The molecule has 0 saturated carbocycles. The Morgan fingerprint density at radius 2 is 1.79 bits per heavy atom. The van der Waals surface area contributed by atoms with Crippen molar-refractivity contribution in [2.24, 2.45) is 0 Å². The van der Waals surface area contributed by atoms with Gasteiger partial charge in [-0.1, -0.05) is 24.3 Å². The molecule has 0 radical (unpaired) electrons. The van der Waals surface area contributed by atoms with E-state index in [0.717, 1.165) is 30.7 Å². The highest BCUT2D eigenvalue weighted by Gasteiger charge is 2.05. The number of aryl methyl sites for hydroxylation is 1. The van der Waals surface area contributed by atoms with E-state index in [1.807, 2.05) is 61.0 Å². The summed E-state index contributed by atoms with van der Waals surface area (Å²) in [5, 5.41) is 2.99. The highest BCUT2D eigenvalue weighted by Crippen LogP contribution is 2.14. The van der Waals surface area contributed by atoms with Gasteiger partial charge < -0.3 is 14.6 Å². The third-order valence-corrected chi connectivity index (χ3v) is 4.36. The summed E-state index contributed by atoms with van der Waals surface area (Å²) >= 11 is 0. The molecule has 0 fully saturated rings. The second-order valence-corrected chi connectivity index (χ2v) is 7.10. The maximum Gasteiger partial charge on any atom is 0.251 e. The van der Waals surface area contributed by atoms with Gasteiger partial charge >= 0.3 is 0 Å². The van der Waals surface area contributed by atoms with Crippen molar-refractivity contribution in [1.82, 2.24) is 14.9 Å². The lowest BCUT2D eigenvalue weighted by Gasteiger charge is -2.10. The van der Waals surface area contributed by atoms with Gasteiger partial charge in [0.05, 0.1) is 12.4 Å². The summed E-state index contributed by atoms with van der Waals surface area (Å²) in [6.45, 7) is 5.44. The maximum atomic E-state index is 12.3. The number of carbonyl (C=O) groups excluding carboxylic acids is 1. The highest BCUT2D eigenvalue weighted by atomic mass is 16.5. The number of carbonyl (C=O) groups is 1. The molecule has 1 amide bonds. The summed E-state index contributed by atoms with van der Waals surface area (Å²) < 4.78 is 7.65. The van der Waals surface area contributed by atoms with Crippen LogP contribution < -0.4 is 10.1 Å². The van der Waals surface area contributed by atoms with E-state index in [1.54, 1.807) is 12.5 Å². The summed E-state index contributed by atoms with van der Waals surface area (Å²) in [5.41, 5.74) is 3.07. The second kappa shape index (κ2) is 9.74. The van der Waals surface area contributed by atoms with E-state index < -0.39 is 0 Å². The van der Waals surface area contributed by atoms with Crippen LogP contribution in [0.25, 0.3) is 0 Å². The standard InChI is InChI=1S/C23H27N3O2/c1-18(2)28-22-11-7-19(8-12-22)4-3-13-25-23(27)21-9-5-20(6-10-21)16-26-15-14-24-17-26/h5-12,14-15,17-18H,3-4,13,16H2,1-2H3,(H,25,27). The van der Waals surface area contributed by atoms with Crippen molar-refractivity contribution in [1.29, 1.82) is 0 Å². The predicted molar refractivity (Wildman–Crippen MR) is 111 cm³/mol. The molecular weight excluding hydrogens is 350 g/mol. The first-order chi connectivity index (χ1) is 13.6. The summed E-state index contributed by atoms with van der Waals surface area (Å²) in [5.74, 6) is 0.860. The lowest BCUT2D eigenvalue weighted by Crippen LogP contribution is -2.24. The van der Waals surface area contributed by atoms with Crippen molar-refractivity contribution in [2.75, 3.05) is 6.54 Å². The van der Waals surface area contributed by atoms with Gasteiger partial charge in [0.2, 0.25) is 0 Å². The quantitative estimate of drug-likeness (QED) is 0.572. The zero-order chi connectivity index (χ0) is 19.8. The molecule has 2 aromatic carbocycles. The number of amides is 1. The van der Waals surface area contributed by atoms with E-state index in [4.69, 9.17) is 4.74 Å². The molecule has 0 aliphatic carbocycles. The van der Waals surface area contributed by atoms with E-state index in [2.05, 4.69) is 22.4 Å². The van der Waals surface area contributed by atoms with Crippen LogP contribution in [0.4, 0.5) is 0 Å². The Balaban J connectivity index is 1.40. The van der Waals surface area contributed by atoms with Crippen molar-refractivity contribution >= 4 is 5.91 Å². The van der Waals surface area contributed by atoms with Gasteiger partial charge in [0, 0.05) is 31.0 Å². The lowest BCUT2D eigenvalue weighted by atomic mass is 10.1. The Labute approximate surface area is 166 Å². The molecule has 0 unspecified atom stereocenters. The van der Waals surface area contributed by atoms with E-state index >= 15 is 0 Å². The van der Waals surface area contributed by atoms with Crippen LogP contribution in [0.3, 0.4) is 0 Å². The van der Waals surface area contributed by atoms with E-state index in [9.17, 15) is 4.79 Å². The molecule has 0 spiro atoms. The molecule has 0 aliphatic heterocycles. The van der Waals surface area contributed by atoms with Crippen LogP contribution in [0.5, 0.6) is 5.75 Å². The smallest absolute Gasteiger partial charge is 0.251 e. The van der Waals surface area contributed by atoms with Crippen LogP contribution in [-0.4, -0.2) is 28.1 Å². The molecule has 0 bridgehead atoms. The number of benzene rings is 2. The molecular formula is C23H27N3O2. The van der Waals surface area contributed by atoms with Gasteiger partial charge in [0.25, 0.3) is 5.91 Å². The third-order valence-electron chi connectivity index (χ3n) is 4.36. The van der Waals surface area contributed by atoms with Gasteiger partial charge in [-0.15, -0.1) is 0 Å². The van der Waals surface area contributed by atoms with Crippen LogP contribution in [0, 0.1) is 0 Å².